The fraction of sp³-hybridized carbons (Fsp3) is 0.333. The fourth-order valence-electron chi connectivity index (χ4n) is 2.36. The number of benzene rings is 2. The van der Waals surface area contributed by atoms with Crippen LogP contribution in [0.3, 0.4) is 0 Å². The van der Waals surface area contributed by atoms with Crippen LogP contribution < -0.4 is 4.72 Å². The second-order valence-electron chi connectivity index (χ2n) is 5.84. The summed E-state index contributed by atoms with van der Waals surface area (Å²) in [5.41, 5.74) is 1.60. The van der Waals surface area contributed by atoms with Gasteiger partial charge in [0, 0.05) is 25.4 Å². The van der Waals surface area contributed by atoms with E-state index in [1.54, 1.807) is 43.5 Å². The summed E-state index contributed by atoms with van der Waals surface area (Å²) in [5.74, 6) is 0. The van der Waals surface area contributed by atoms with Crippen molar-refractivity contribution >= 4 is 15.7 Å². The first-order valence-electron chi connectivity index (χ1n) is 7.78. The van der Waals surface area contributed by atoms with Gasteiger partial charge in [-0.25, -0.2) is 8.42 Å². The van der Waals surface area contributed by atoms with Gasteiger partial charge in [-0.1, -0.05) is 30.3 Å². The van der Waals surface area contributed by atoms with Crippen LogP contribution in [-0.4, -0.2) is 40.1 Å². The van der Waals surface area contributed by atoms with Crippen LogP contribution in [0.5, 0.6) is 0 Å². The van der Waals surface area contributed by atoms with Crippen LogP contribution >= 0.6 is 0 Å². The molecule has 0 aliphatic carbocycles. The molecular formula is C18H24N2O3S. The molecule has 0 aromatic heterocycles. The van der Waals surface area contributed by atoms with Crippen LogP contribution in [0.2, 0.25) is 0 Å². The molecule has 2 rings (SSSR count). The Bertz CT molecular complexity index is 748. The Labute approximate surface area is 144 Å². The normalized spacial score (nSPS) is 13.0. The van der Waals surface area contributed by atoms with E-state index < -0.39 is 10.0 Å². The van der Waals surface area contributed by atoms with Gasteiger partial charge in [0.1, 0.15) is 0 Å². The first kappa shape index (κ1) is 18.4. The molecule has 0 saturated carbocycles. The molecule has 2 aromatic rings. The minimum Gasteiger partial charge on any atom is -0.383 e. The molecule has 0 spiro atoms. The van der Waals surface area contributed by atoms with Crippen molar-refractivity contribution in [1.29, 1.82) is 0 Å². The molecule has 0 heterocycles. The summed E-state index contributed by atoms with van der Waals surface area (Å²) in [6.07, 6.45) is 0. The van der Waals surface area contributed by atoms with Gasteiger partial charge < -0.3 is 4.74 Å². The molecule has 0 radical (unpaired) electrons. The van der Waals surface area contributed by atoms with E-state index in [1.165, 1.54) is 0 Å². The van der Waals surface area contributed by atoms with E-state index in [1.807, 2.05) is 25.2 Å². The molecular weight excluding hydrogens is 324 g/mol. The van der Waals surface area contributed by atoms with Crippen molar-refractivity contribution in [2.75, 3.05) is 25.5 Å². The fourth-order valence-corrected chi connectivity index (χ4v) is 3.43. The van der Waals surface area contributed by atoms with Crippen LogP contribution in [0.25, 0.3) is 0 Å². The molecule has 0 amide bonds. The number of hydrogen-bond donors (Lipinski definition) is 1. The smallest absolute Gasteiger partial charge is 0.261 e. The zero-order valence-electron chi connectivity index (χ0n) is 14.3. The number of hydrogen-bond acceptors (Lipinski definition) is 4. The van der Waals surface area contributed by atoms with Gasteiger partial charge in [0.15, 0.2) is 0 Å². The molecule has 24 heavy (non-hydrogen) atoms. The number of sulfonamides is 1. The largest absolute Gasteiger partial charge is 0.383 e. The molecule has 0 bridgehead atoms. The van der Waals surface area contributed by atoms with Gasteiger partial charge in [-0.05, 0) is 43.8 Å². The van der Waals surface area contributed by atoms with E-state index in [4.69, 9.17) is 4.74 Å². The maximum absolute atomic E-state index is 12.4. The van der Waals surface area contributed by atoms with Crippen LogP contribution in [-0.2, 0) is 21.3 Å². The van der Waals surface area contributed by atoms with E-state index in [2.05, 4.69) is 16.5 Å². The molecule has 5 nitrogen and oxygen atoms in total. The van der Waals surface area contributed by atoms with Crippen molar-refractivity contribution in [2.24, 2.45) is 0 Å². The van der Waals surface area contributed by atoms with Crippen molar-refractivity contribution in [2.45, 2.75) is 24.4 Å². The zero-order chi connectivity index (χ0) is 17.6. The average Bonchev–Trinajstić information content (AvgIpc) is 2.56. The zero-order valence-corrected chi connectivity index (χ0v) is 15.1. The van der Waals surface area contributed by atoms with E-state index >= 15 is 0 Å². The second-order valence-corrected chi connectivity index (χ2v) is 7.52. The minimum atomic E-state index is -3.57. The quantitative estimate of drug-likeness (QED) is 0.797. The predicted octanol–water partition coefficient (Wildman–Crippen LogP) is 2.95. The molecule has 1 atom stereocenters. The molecule has 0 fully saturated rings. The summed E-state index contributed by atoms with van der Waals surface area (Å²) in [6, 6.07) is 16.1. The highest BCUT2D eigenvalue weighted by atomic mass is 32.2. The summed E-state index contributed by atoms with van der Waals surface area (Å²) in [4.78, 5) is 2.41. The third-order valence-corrected chi connectivity index (χ3v) is 5.22. The van der Waals surface area contributed by atoms with E-state index in [0.29, 0.717) is 18.8 Å². The Hall–Kier alpha value is -1.89. The summed E-state index contributed by atoms with van der Waals surface area (Å²) in [6.45, 7) is 3.45. The molecule has 130 valence electrons. The molecule has 0 saturated heterocycles. The Morgan fingerprint density at radius 3 is 2.50 bits per heavy atom. The van der Waals surface area contributed by atoms with Crippen molar-refractivity contribution in [3.05, 3.63) is 60.2 Å². The van der Waals surface area contributed by atoms with Gasteiger partial charge in [0.05, 0.1) is 11.5 Å². The van der Waals surface area contributed by atoms with Gasteiger partial charge in [-0.15, -0.1) is 0 Å². The van der Waals surface area contributed by atoms with Crippen molar-refractivity contribution in [3.8, 4) is 0 Å². The summed E-state index contributed by atoms with van der Waals surface area (Å²) in [7, 11) is 0.135. The van der Waals surface area contributed by atoms with Crippen LogP contribution in [0.1, 0.15) is 12.5 Å². The maximum atomic E-state index is 12.4. The van der Waals surface area contributed by atoms with Crippen LogP contribution in [0.15, 0.2) is 59.5 Å². The predicted molar refractivity (Wildman–Crippen MR) is 96.5 cm³/mol. The Morgan fingerprint density at radius 2 is 1.83 bits per heavy atom. The Morgan fingerprint density at radius 1 is 1.12 bits per heavy atom. The van der Waals surface area contributed by atoms with E-state index in [-0.39, 0.29) is 10.9 Å². The minimum absolute atomic E-state index is 0.251. The topological polar surface area (TPSA) is 58.6 Å². The summed E-state index contributed by atoms with van der Waals surface area (Å²) < 4.78 is 32.6. The van der Waals surface area contributed by atoms with Gasteiger partial charge in [-0.3, -0.25) is 9.62 Å². The first-order valence-corrected chi connectivity index (χ1v) is 9.26. The van der Waals surface area contributed by atoms with E-state index in [0.717, 1.165) is 5.56 Å². The van der Waals surface area contributed by atoms with E-state index in [9.17, 15) is 8.42 Å². The number of ether oxygens (including phenoxy) is 1. The Balaban J connectivity index is 2.10. The number of anilines is 1. The highest BCUT2D eigenvalue weighted by Gasteiger charge is 2.14. The lowest BCUT2D eigenvalue weighted by molar-refractivity contribution is 0.112. The van der Waals surface area contributed by atoms with Crippen LogP contribution in [0.4, 0.5) is 5.69 Å². The van der Waals surface area contributed by atoms with Crippen molar-refractivity contribution < 1.29 is 13.2 Å². The molecule has 1 N–H and O–H groups in total. The van der Waals surface area contributed by atoms with Gasteiger partial charge in [-0.2, -0.15) is 0 Å². The lowest BCUT2D eigenvalue weighted by Crippen LogP contribution is -2.32. The number of likely N-dealkylation sites (N-methyl/N-ethyl adjacent to an activating group) is 1. The highest BCUT2D eigenvalue weighted by molar-refractivity contribution is 7.92. The van der Waals surface area contributed by atoms with Crippen LogP contribution in [0, 0.1) is 0 Å². The SMILES string of the molecule is COC[C@@H](C)N(C)Cc1cccc(NS(=O)(=O)c2ccccc2)c1. The lowest BCUT2D eigenvalue weighted by atomic mass is 10.2. The molecule has 6 heteroatoms. The van der Waals surface area contributed by atoms with Gasteiger partial charge in [0.2, 0.25) is 0 Å². The average molecular weight is 348 g/mol. The summed E-state index contributed by atoms with van der Waals surface area (Å²) >= 11 is 0. The maximum Gasteiger partial charge on any atom is 0.261 e. The number of rotatable bonds is 8. The van der Waals surface area contributed by atoms with Gasteiger partial charge >= 0.3 is 0 Å². The lowest BCUT2D eigenvalue weighted by Gasteiger charge is -2.24. The van der Waals surface area contributed by atoms with Crippen molar-refractivity contribution in [3.63, 3.8) is 0 Å². The van der Waals surface area contributed by atoms with Crippen molar-refractivity contribution in [1.82, 2.24) is 4.90 Å². The molecule has 0 unspecified atom stereocenters. The first-order chi connectivity index (χ1) is 11.4. The number of nitrogens with zero attached hydrogens (tertiary/aromatic N) is 1. The highest BCUT2D eigenvalue weighted by Crippen LogP contribution is 2.18. The third kappa shape index (κ3) is 5.06. The molecule has 2 aromatic carbocycles. The standard InChI is InChI=1S/C18H24N2O3S/c1-15(14-23-3)20(2)13-16-8-7-9-17(12-16)19-24(21,22)18-10-5-4-6-11-18/h4-12,15,19H,13-14H2,1-3H3/t15-/m1/s1. The molecule has 0 aliphatic rings. The monoisotopic (exact) mass is 348 g/mol. The summed E-state index contributed by atoms with van der Waals surface area (Å²) in [5, 5.41) is 0. The number of methoxy groups -OCH3 is 1. The number of nitrogens with one attached hydrogen (secondary N) is 1. The second kappa shape index (κ2) is 8.28. The molecule has 0 aliphatic heterocycles. The Kier molecular flexibility index (Phi) is 6.36. The third-order valence-electron chi connectivity index (χ3n) is 3.82. The van der Waals surface area contributed by atoms with Gasteiger partial charge in [0.25, 0.3) is 10.0 Å².